The van der Waals surface area contributed by atoms with Crippen molar-refractivity contribution in [1.82, 2.24) is 10.3 Å². The highest BCUT2D eigenvalue weighted by Crippen LogP contribution is 2.27. The fourth-order valence-corrected chi connectivity index (χ4v) is 5.25. The third kappa shape index (κ3) is 4.60. The lowest BCUT2D eigenvalue weighted by molar-refractivity contribution is 0.0952. The number of hydrogen-bond acceptors (Lipinski definition) is 5. The SMILES string of the molecule is N#Cc1ccc(CNC(=O)c2cccc3cc(NS(=O)(=O)c4cccc5cccnc45)ccc23)cc1. The molecular weight excluding hydrogens is 472 g/mol. The van der Waals surface area contributed by atoms with Crippen molar-refractivity contribution in [3.05, 3.63) is 114 Å². The molecule has 0 aliphatic heterocycles. The number of amides is 1. The molecule has 4 aromatic carbocycles. The van der Waals surface area contributed by atoms with Crippen LogP contribution in [0, 0.1) is 11.3 Å². The molecule has 36 heavy (non-hydrogen) atoms. The van der Waals surface area contributed by atoms with Crippen LogP contribution in [0.15, 0.2) is 102 Å². The van der Waals surface area contributed by atoms with Crippen LogP contribution in [0.3, 0.4) is 0 Å². The highest BCUT2D eigenvalue weighted by molar-refractivity contribution is 7.93. The molecule has 0 spiro atoms. The Labute approximate surface area is 208 Å². The molecule has 8 heteroatoms. The van der Waals surface area contributed by atoms with Crippen molar-refractivity contribution in [2.24, 2.45) is 0 Å². The number of carbonyl (C=O) groups excluding carboxylic acids is 1. The quantitative estimate of drug-likeness (QED) is 0.347. The topological polar surface area (TPSA) is 112 Å². The summed E-state index contributed by atoms with van der Waals surface area (Å²) >= 11 is 0. The van der Waals surface area contributed by atoms with Gasteiger partial charge in [-0.1, -0.05) is 48.5 Å². The standard InChI is InChI=1S/C28H20N4O3S/c29-17-19-9-11-20(12-10-19)18-31-28(33)25-7-1-5-22-16-23(13-14-24(22)25)32-36(34,35)26-8-2-4-21-6-3-15-30-27(21)26/h1-16,32H,18H2,(H,31,33). The molecule has 5 aromatic rings. The number of sulfonamides is 1. The zero-order valence-corrected chi connectivity index (χ0v) is 19.8. The lowest BCUT2D eigenvalue weighted by Gasteiger charge is -2.12. The number of pyridine rings is 1. The lowest BCUT2D eigenvalue weighted by atomic mass is 10.0. The molecule has 1 amide bonds. The van der Waals surface area contributed by atoms with Gasteiger partial charge in [-0.3, -0.25) is 14.5 Å². The maximum Gasteiger partial charge on any atom is 0.264 e. The van der Waals surface area contributed by atoms with Crippen molar-refractivity contribution in [3.8, 4) is 6.07 Å². The summed E-state index contributed by atoms with van der Waals surface area (Å²) in [5.41, 5.74) is 2.69. The van der Waals surface area contributed by atoms with Crippen LogP contribution < -0.4 is 10.0 Å². The monoisotopic (exact) mass is 492 g/mol. The predicted molar refractivity (Wildman–Crippen MR) is 139 cm³/mol. The Bertz CT molecular complexity index is 1750. The molecule has 0 bridgehead atoms. The van der Waals surface area contributed by atoms with Gasteiger partial charge in [0.05, 0.1) is 17.1 Å². The molecule has 2 N–H and O–H groups in total. The molecule has 0 aliphatic carbocycles. The van der Waals surface area contributed by atoms with E-state index in [2.05, 4.69) is 21.1 Å². The van der Waals surface area contributed by atoms with E-state index in [0.29, 0.717) is 34.3 Å². The fraction of sp³-hybridized carbons (Fsp3) is 0.0357. The van der Waals surface area contributed by atoms with Gasteiger partial charge in [-0.2, -0.15) is 5.26 Å². The van der Waals surface area contributed by atoms with E-state index in [1.165, 1.54) is 6.07 Å². The third-order valence-corrected chi connectivity index (χ3v) is 7.21. The van der Waals surface area contributed by atoms with Crippen LogP contribution in [0.25, 0.3) is 21.7 Å². The summed E-state index contributed by atoms with van der Waals surface area (Å²) in [4.78, 5) is 17.2. The van der Waals surface area contributed by atoms with Crippen LogP contribution in [0.5, 0.6) is 0 Å². The molecule has 1 heterocycles. The number of aromatic nitrogens is 1. The second-order valence-corrected chi connectivity index (χ2v) is 9.82. The van der Waals surface area contributed by atoms with Crippen molar-refractivity contribution >= 4 is 43.3 Å². The summed E-state index contributed by atoms with van der Waals surface area (Å²) < 4.78 is 28.9. The summed E-state index contributed by atoms with van der Waals surface area (Å²) in [5.74, 6) is -0.250. The van der Waals surface area contributed by atoms with E-state index in [0.717, 1.165) is 16.3 Å². The molecule has 0 saturated heterocycles. The van der Waals surface area contributed by atoms with Gasteiger partial charge in [0.2, 0.25) is 0 Å². The number of fused-ring (bicyclic) bond motifs is 2. The average molecular weight is 493 g/mol. The Balaban J connectivity index is 1.38. The van der Waals surface area contributed by atoms with E-state index in [1.54, 1.807) is 72.9 Å². The molecule has 5 rings (SSSR count). The lowest BCUT2D eigenvalue weighted by Crippen LogP contribution is -2.23. The summed E-state index contributed by atoms with van der Waals surface area (Å²) in [7, 11) is -3.89. The molecule has 176 valence electrons. The van der Waals surface area contributed by atoms with Crippen LogP contribution in [0.2, 0.25) is 0 Å². The minimum atomic E-state index is -3.89. The van der Waals surface area contributed by atoms with Gasteiger partial charge in [-0.05, 0) is 58.8 Å². The van der Waals surface area contributed by atoms with Crippen LogP contribution in [0.4, 0.5) is 5.69 Å². The third-order valence-electron chi connectivity index (χ3n) is 5.80. The number of nitrogens with one attached hydrogen (secondary N) is 2. The zero-order chi connectivity index (χ0) is 25.1. The van der Waals surface area contributed by atoms with E-state index >= 15 is 0 Å². The minimum absolute atomic E-state index is 0.0941. The van der Waals surface area contributed by atoms with Crippen molar-refractivity contribution in [2.45, 2.75) is 11.4 Å². The van der Waals surface area contributed by atoms with Crippen LogP contribution in [-0.2, 0) is 16.6 Å². The van der Waals surface area contributed by atoms with E-state index in [-0.39, 0.29) is 10.8 Å². The first-order valence-corrected chi connectivity index (χ1v) is 12.6. The normalized spacial score (nSPS) is 11.2. The molecule has 0 saturated carbocycles. The zero-order valence-electron chi connectivity index (χ0n) is 19.0. The van der Waals surface area contributed by atoms with E-state index in [1.807, 2.05) is 18.2 Å². The van der Waals surface area contributed by atoms with Gasteiger partial charge in [-0.25, -0.2) is 8.42 Å². The molecule has 0 aliphatic rings. The van der Waals surface area contributed by atoms with E-state index in [4.69, 9.17) is 5.26 Å². The number of carbonyl (C=O) groups is 1. The first-order valence-electron chi connectivity index (χ1n) is 11.1. The van der Waals surface area contributed by atoms with Gasteiger partial charge in [0.25, 0.3) is 15.9 Å². The molecule has 0 atom stereocenters. The molecule has 0 fully saturated rings. The fourth-order valence-electron chi connectivity index (χ4n) is 4.02. The number of benzene rings is 4. The summed E-state index contributed by atoms with van der Waals surface area (Å²) in [6, 6.07) is 28.0. The number of hydrogen-bond donors (Lipinski definition) is 2. The van der Waals surface area contributed by atoms with Gasteiger partial charge < -0.3 is 5.32 Å². The van der Waals surface area contributed by atoms with Gasteiger partial charge >= 0.3 is 0 Å². The van der Waals surface area contributed by atoms with E-state index in [9.17, 15) is 13.2 Å². The first kappa shape index (κ1) is 23.0. The highest BCUT2D eigenvalue weighted by atomic mass is 32.2. The Kier molecular flexibility index (Phi) is 6.07. The highest BCUT2D eigenvalue weighted by Gasteiger charge is 2.19. The van der Waals surface area contributed by atoms with E-state index < -0.39 is 10.0 Å². The Morgan fingerprint density at radius 1 is 0.889 bits per heavy atom. The predicted octanol–water partition coefficient (Wildman–Crippen LogP) is 4.99. The van der Waals surface area contributed by atoms with Gasteiger partial charge in [0.15, 0.2) is 0 Å². The molecular formula is C28H20N4O3S. The Morgan fingerprint density at radius 3 is 2.44 bits per heavy atom. The summed E-state index contributed by atoms with van der Waals surface area (Å²) in [6.07, 6.45) is 1.56. The number of nitriles is 1. The molecule has 0 unspecified atom stereocenters. The molecule has 0 radical (unpaired) electrons. The van der Waals surface area contributed by atoms with Crippen molar-refractivity contribution in [2.75, 3.05) is 4.72 Å². The van der Waals surface area contributed by atoms with Gasteiger partial charge in [0, 0.05) is 29.4 Å². The van der Waals surface area contributed by atoms with Gasteiger partial charge in [0.1, 0.15) is 4.90 Å². The maximum absolute atomic E-state index is 13.2. The number of para-hydroxylation sites is 1. The largest absolute Gasteiger partial charge is 0.348 e. The average Bonchev–Trinajstić information content (AvgIpc) is 2.91. The maximum atomic E-state index is 13.2. The van der Waals surface area contributed by atoms with Crippen molar-refractivity contribution < 1.29 is 13.2 Å². The second-order valence-electron chi connectivity index (χ2n) is 8.17. The minimum Gasteiger partial charge on any atom is -0.348 e. The summed E-state index contributed by atoms with van der Waals surface area (Å²) in [5, 5.41) is 14.0. The van der Waals surface area contributed by atoms with Gasteiger partial charge in [-0.15, -0.1) is 0 Å². The Hall–Kier alpha value is -4.74. The summed E-state index contributed by atoms with van der Waals surface area (Å²) in [6.45, 7) is 0.317. The van der Waals surface area contributed by atoms with Crippen LogP contribution in [-0.4, -0.2) is 19.3 Å². The number of anilines is 1. The van der Waals surface area contributed by atoms with Crippen molar-refractivity contribution in [1.29, 1.82) is 5.26 Å². The smallest absolute Gasteiger partial charge is 0.264 e. The second kappa shape index (κ2) is 9.49. The number of rotatable bonds is 6. The van der Waals surface area contributed by atoms with Crippen molar-refractivity contribution in [3.63, 3.8) is 0 Å². The molecule has 7 nitrogen and oxygen atoms in total. The van der Waals surface area contributed by atoms with Crippen LogP contribution in [0.1, 0.15) is 21.5 Å². The first-order chi connectivity index (χ1) is 17.4. The number of nitrogens with zero attached hydrogens (tertiary/aromatic N) is 2. The molecule has 1 aromatic heterocycles. The van der Waals surface area contributed by atoms with Crippen LogP contribution >= 0.6 is 0 Å². The Morgan fingerprint density at radius 2 is 1.64 bits per heavy atom.